The third-order valence-corrected chi connectivity index (χ3v) is 3.16. The molecule has 4 heteroatoms. The first kappa shape index (κ1) is 18.9. The predicted molar refractivity (Wildman–Crippen MR) is 79.2 cm³/mol. The average Bonchev–Trinajstić information content (AvgIpc) is 2.29. The molecule has 0 amide bonds. The lowest BCUT2D eigenvalue weighted by Gasteiger charge is -2.32. The number of ether oxygens (including phenoxy) is 2. The molecule has 0 rings (SSSR count). The highest BCUT2D eigenvalue weighted by atomic mass is 16.5. The van der Waals surface area contributed by atoms with Crippen LogP contribution < -0.4 is 0 Å². The van der Waals surface area contributed by atoms with Crippen molar-refractivity contribution in [3.8, 4) is 0 Å². The molecular weight excluding hydrogens is 256 g/mol. The summed E-state index contributed by atoms with van der Waals surface area (Å²) in [5, 5.41) is 0. The Bertz CT molecular complexity index is 299. The quantitative estimate of drug-likeness (QED) is 0.726. The molecule has 2 atom stereocenters. The number of hydrogen-bond acceptors (Lipinski definition) is 4. The predicted octanol–water partition coefficient (Wildman–Crippen LogP) is 3.44. The molecule has 4 nitrogen and oxygen atoms in total. The molecule has 0 heterocycles. The first-order chi connectivity index (χ1) is 8.91. The van der Waals surface area contributed by atoms with Crippen molar-refractivity contribution in [2.45, 2.75) is 54.4 Å². The van der Waals surface area contributed by atoms with Crippen LogP contribution in [-0.2, 0) is 19.1 Å². The molecule has 0 aliphatic heterocycles. The zero-order valence-electron chi connectivity index (χ0n) is 14.2. The Morgan fingerprint density at radius 1 is 0.750 bits per heavy atom. The van der Waals surface area contributed by atoms with E-state index in [2.05, 4.69) is 0 Å². The normalized spacial score (nSPS) is 15.4. The van der Waals surface area contributed by atoms with Crippen molar-refractivity contribution in [1.29, 1.82) is 0 Å². The van der Waals surface area contributed by atoms with Crippen LogP contribution in [0.4, 0.5) is 0 Å². The highest BCUT2D eigenvalue weighted by molar-refractivity contribution is 5.82. The van der Waals surface area contributed by atoms with Gasteiger partial charge in [-0.05, 0) is 23.7 Å². The lowest BCUT2D eigenvalue weighted by Crippen LogP contribution is -2.36. The van der Waals surface area contributed by atoms with E-state index in [0.29, 0.717) is 12.8 Å². The average molecular weight is 286 g/mol. The van der Waals surface area contributed by atoms with Gasteiger partial charge in [-0.3, -0.25) is 9.59 Å². The van der Waals surface area contributed by atoms with E-state index in [9.17, 15) is 9.59 Å². The van der Waals surface area contributed by atoms with E-state index in [0.717, 1.165) is 0 Å². The number of carbonyl (C=O) groups is 2. The second-order valence-corrected chi connectivity index (χ2v) is 7.79. The maximum Gasteiger partial charge on any atom is 0.309 e. The Morgan fingerprint density at radius 3 is 1.15 bits per heavy atom. The number of esters is 2. The summed E-state index contributed by atoms with van der Waals surface area (Å²) in [6.45, 7) is 12.3. The molecule has 118 valence electrons. The molecule has 0 aromatic rings. The molecule has 0 bridgehead atoms. The monoisotopic (exact) mass is 286 g/mol. The van der Waals surface area contributed by atoms with Crippen LogP contribution >= 0.6 is 0 Å². The highest BCUT2D eigenvalue weighted by Gasteiger charge is 2.39. The fourth-order valence-corrected chi connectivity index (χ4v) is 2.40. The summed E-state index contributed by atoms with van der Waals surface area (Å²) < 4.78 is 9.80. The molecule has 0 aromatic heterocycles. The van der Waals surface area contributed by atoms with Gasteiger partial charge >= 0.3 is 11.9 Å². The first-order valence-electron chi connectivity index (χ1n) is 7.07. The van der Waals surface area contributed by atoms with Gasteiger partial charge in [0, 0.05) is 0 Å². The zero-order valence-corrected chi connectivity index (χ0v) is 14.2. The van der Waals surface area contributed by atoms with Gasteiger partial charge in [-0.1, -0.05) is 41.5 Å². The topological polar surface area (TPSA) is 52.6 Å². The summed E-state index contributed by atoms with van der Waals surface area (Å²) in [5.74, 6) is -1.60. The molecule has 0 aliphatic rings. The smallest absolute Gasteiger partial charge is 0.309 e. The van der Waals surface area contributed by atoms with Crippen molar-refractivity contribution >= 4 is 11.9 Å². The van der Waals surface area contributed by atoms with Crippen LogP contribution in [0.25, 0.3) is 0 Å². The van der Waals surface area contributed by atoms with Crippen LogP contribution in [0.2, 0.25) is 0 Å². The maximum atomic E-state index is 12.1. The highest BCUT2D eigenvalue weighted by Crippen LogP contribution is 2.36. The molecule has 0 N–H and O–H groups in total. The van der Waals surface area contributed by atoms with Crippen LogP contribution in [0.15, 0.2) is 0 Å². The van der Waals surface area contributed by atoms with Crippen molar-refractivity contribution < 1.29 is 19.1 Å². The fraction of sp³-hybridized carbons (Fsp3) is 0.875. The summed E-state index contributed by atoms with van der Waals surface area (Å²) in [6.07, 6.45) is 1.19. The SMILES string of the molecule is COC(=O)C(CC(C)(C)C)C(CC(C)(C)C)C(=O)OC. The van der Waals surface area contributed by atoms with Gasteiger partial charge in [0.25, 0.3) is 0 Å². The second-order valence-electron chi connectivity index (χ2n) is 7.79. The minimum atomic E-state index is -0.466. The molecule has 2 unspecified atom stereocenters. The molecule has 0 aromatic carbocycles. The Balaban J connectivity index is 5.39. The van der Waals surface area contributed by atoms with Crippen molar-refractivity contribution in [2.75, 3.05) is 14.2 Å². The van der Waals surface area contributed by atoms with Gasteiger partial charge in [0.2, 0.25) is 0 Å². The molecule has 20 heavy (non-hydrogen) atoms. The number of carbonyl (C=O) groups excluding carboxylic acids is 2. The van der Waals surface area contributed by atoms with Crippen LogP contribution in [0.5, 0.6) is 0 Å². The minimum absolute atomic E-state index is 0.0665. The zero-order chi connectivity index (χ0) is 16.1. The standard InChI is InChI=1S/C16H30O4/c1-15(2,3)9-11(13(17)19-7)12(14(18)20-8)10-16(4,5)6/h11-12H,9-10H2,1-8H3. The summed E-state index contributed by atoms with van der Waals surface area (Å²) in [4.78, 5) is 24.2. The van der Waals surface area contributed by atoms with Gasteiger partial charge in [-0.15, -0.1) is 0 Å². The van der Waals surface area contributed by atoms with Crippen molar-refractivity contribution in [3.63, 3.8) is 0 Å². The summed E-state index contributed by atoms with van der Waals surface area (Å²) in [5.41, 5.74) is -0.133. The largest absolute Gasteiger partial charge is 0.469 e. The molecular formula is C16H30O4. The van der Waals surface area contributed by atoms with Crippen molar-refractivity contribution in [3.05, 3.63) is 0 Å². The molecule has 0 saturated heterocycles. The maximum absolute atomic E-state index is 12.1. The van der Waals surface area contributed by atoms with E-state index in [1.807, 2.05) is 41.5 Å². The van der Waals surface area contributed by atoms with Gasteiger partial charge in [0.15, 0.2) is 0 Å². The van der Waals surface area contributed by atoms with Gasteiger partial charge < -0.3 is 9.47 Å². The first-order valence-corrected chi connectivity index (χ1v) is 7.07. The molecule has 0 fully saturated rings. The van der Waals surface area contributed by atoms with E-state index in [4.69, 9.17) is 9.47 Å². The third-order valence-electron chi connectivity index (χ3n) is 3.16. The van der Waals surface area contributed by atoms with Gasteiger partial charge in [-0.25, -0.2) is 0 Å². The number of rotatable bonds is 5. The fourth-order valence-electron chi connectivity index (χ4n) is 2.40. The third kappa shape index (κ3) is 6.92. The Kier molecular flexibility index (Phi) is 6.72. The van der Waals surface area contributed by atoms with E-state index < -0.39 is 11.8 Å². The van der Waals surface area contributed by atoms with Crippen LogP contribution in [-0.4, -0.2) is 26.2 Å². The van der Waals surface area contributed by atoms with Crippen LogP contribution in [0.1, 0.15) is 54.4 Å². The molecule has 0 aliphatic carbocycles. The van der Waals surface area contributed by atoms with E-state index >= 15 is 0 Å². The summed E-state index contributed by atoms with van der Waals surface area (Å²) >= 11 is 0. The van der Waals surface area contributed by atoms with Crippen molar-refractivity contribution in [1.82, 2.24) is 0 Å². The molecule has 0 radical (unpaired) electrons. The van der Waals surface area contributed by atoms with Gasteiger partial charge in [-0.2, -0.15) is 0 Å². The number of methoxy groups -OCH3 is 2. The van der Waals surface area contributed by atoms with Gasteiger partial charge in [0.1, 0.15) is 0 Å². The lowest BCUT2D eigenvalue weighted by atomic mass is 9.73. The van der Waals surface area contributed by atoms with Crippen LogP contribution in [0.3, 0.4) is 0 Å². The van der Waals surface area contributed by atoms with E-state index in [1.165, 1.54) is 14.2 Å². The summed E-state index contributed by atoms with van der Waals surface area (Å²) in [6, 6.07) is 0. The Morgan fingerprint density at radius 2 is 1.00 bits per heavy atom. The molecule has 0 saturated carbocycles. The van der Waals surface area contributed by atoms with Crippen LogP contribution in [0, 0.1) is 22.7 Å². The van der Waals surface area contributed by atoms with Crippen molar-refractivity contribution in [2.24, 2.45) is 22.7 Å². The Labute approximate surface area is 123 Å². The Hall–Kier alpha value is -1.06. The lowest BCUT2D eigenvalue weighted by molar-refractivity contribution is -0.160. The molecule has 0 spiro atoms. The second kappa shape index (κ2) is 7.09. The number of hydrogen-bond donors (Lipinski definition) is 0. The van der Waals surface area contributed by atoms with Gasteiger partial charge in [0.05, 0.1) is 26.1 Å². The minimum Gasteiger partial charge on any atom is -0.469 e. The van der Waals surface area contributed by atoms with E-state index in [1.54, 1.807) is 0 Å². The van der Waals surface area contributed by atoms with E-state index in [-0.39, 0.29) is 22.8 Å². The summed E-state index contributed by atoms with van der Waals surface area (Å²) in [7, 11) is 2.73.